The number of nitrogens with zero attached hydrogens (tertiary/aromatic N) is 1. The Morgan fingerprint density at radius 2 is 2.33 bits per heavy atom. The molecule has 0 spiro atoms. The van der Waals surface area contributed by atoms with Gasteiger partial charge in [-0.05, 0) is 44.5 Å². The van der Waals surface area contributed by atoms with Crippen LogP contribution in [0.4, 0.5) is 5.69 Å². The third kappa shape index (κ3) is 2.23. The van der Waals surface area contributed by atoms with E-state index in [1.807, 2.05) is 6.07 Å². The maximum atomic E-state index is 9.70. The molecule has 1 unspecified atom stereocenters. The van der Waals surface area contributed by atoms with Gasteiger partial charge in [0.05, 0.1) is 0 Å². The van der Waals surface area contributed by atoms with Gasteiger partial charge >= 0.3 is 0 Å². The van der Waals surface area contributed by atoms with Gasteiger partial charge in [-0.2, -0.15) is 0 Å². The van der Waals surface area contributed by atoms with Crippen molar-refractivity contribution in [1.29, 1.82) is 0 Å². The van der Waals surface area contributed by atoms with E-state index in [9.17, 15) is 5.11 Å². The van der Waals surface area contributed by atoms with Crippen molar-refractivity contribution >= 4 is 5.69 Å². The van der Waals surface area contributed by atoms with Gasteiger partial charge in [-0.15, -0.1) is 0 Å². The number of phenols is 1. The lowest BCUT2D eigenvalue weighted by Crippen LogP contribution is -2.26. The monoisotopic (exact) mass is 206 g/mol. The third-order valence-corrected chi connectivity index (χ3v) is 3.17. The van der Waals surface area contributed by atoms with Crippen LogP contribution >= 0.6 is 0 Å². The lowest BCUT2D eigenvalue weighted by atomic mass is 10.1. The summed E-state index contributed by atoms with van der Waals surface area (Å²) in [4.78, 5) is 2.38. The van der Waals surface area contributed by atoms with Crippen LogP contribution in [0.5, 0.6) is 5.75 Å². The van der Waals surface area contributed by atoms with E-state index in [2.05, 4.69) is 11.8 Å². The van der Waals surface area contributed by atoms with Crippen molar-refractivity contribution in [3.05, 3.63) is 23.8 Å². The van der Waals surface area contributed by atoms with Gasteiger partial charge in [0, 0.05) is 23.8 Å². The zero-order valence-electron chi connectivity index (χ0n) is 9.11. The molecule has 1 atom stereocenters. The van der Waals surface area contributed by atoms with E-state index in [-0.39, 0.29) is 0 Å². The maximum Gasteiger partial charge on any atom is 0.120 e. The maximum absolute atomic E-state index is 9.70. The van der Waals surface area contributed by atoms with E-state index in [0.29, 0.717) is 11.8 Å². The number of rotatable bonds is 2. The summed E-state index contributed by atoms with van der Waals surface area (Å²) in [5.74, 6) is 0.350. The number of phenolic OH excluding ortho intramolecular Hbond substituents is 1. The van der Waals surface area contributed by atoms with E-state index in [1.54, 1.807) is 12.1 Å². The molecule has 1 fully saturated rings. The van der Waals surface area contributed by atoms with Crippen LogP contribution in [0.2, 0.25) is 0 Å². The molecule has 1 heterocycles. The molecule has 1 aromatic rings. The molecule has 0 radical (unpaired) electrons. The Kier molecular flexibility index (Phi) is 2.82. The smallest absolute Gasteiger partial charge is 0.120 e. The third-order valence-electron chi connectivity index (χ3n) is 3.17. The van der Waals surface area contributed by atoms with E-state index in [4.69, 9.17) is 5.73 Å². The minimum absolute atomic E-state index is 0.350. The summed E-state index contributed by atoms with van der Waals surface area (Å²) in [5, 5.41) is 9.70. The van der Waals surface area contributed by atoms with Gasteiger partial charge < -0.3 is 10.8 Å². The van der Waals surface area contributed by atoms with E-state index in [1.165, 1.54) is 12.8 Å². The van der Waals surface area contributed by atoms with Crippen LogP contribution in [-0.2, 0) is 6.54 Å². The van der Waals surface area contributed by atoms with Gasteiger partial charge in [-0.3, -0.25) is 4.90 Å². The Labute approximate surface area is 90.5 Å². The first-order valence-corrected chi connectivity index (χ1v) is 5.48. The predicted molar refractivity (Wildman–Crippen MR) is 61.6 cm³/mol. The van der Waals surface area contributed by atoms with Crippen molar-refractivity contribution in [3.8, 4) is 5.75 Å². The van der Waals surface area contributed by atoms with Crippen LogP contribution in [-0.4, -0.2) is 22.6 Å². The minimum Gasteiger partial charge on any atom is -0.508 e. The van der Waals surface area contributed by atoms with Gasteiger partial charge in [-0.25, -0.2) is 0 Å². The number of anilines is 1. The second-order valence-corrected chi connectivity index (χ2v) is 4.35. The Balaban J connectivity index is 2.12. The largest absolute Gasteiger partial charge is 0.508 e. The Bertz CT molecular complexity index is 351. The Hall–Kier alpha value is -1.22. The summed E-state index contributed by atoms with van der Waals surface area (Å²) in [7, 11) is 0. The highest BCUT2D eigenvalue weighted by Crippen LogP contribution is 2.25. The second kappa shape index (κ2) is 4.11. The molecule has 3 nitrogen and oxygen atoms in total. The molecule has 2 rings (SSSR count). The summed E-state index contributed by atoms with van der Waals surface area (Å²) in [5.41, 5.74) is 7.36. The van der Waals surface area contributed by atoms with Gasteiger partial charge in [0.2, 0.25) is 0 Å². The van der Waals surface area contributed by atoms with Crippen molar-refractivity contribution in [1.82, 2.24) is 4.90 Å². The van der Waals surface area contributed by atoms with E-state index in [0.717, 1.165) is 24.3 Å². The first-order chi connectivity index (χ1) is 7.16. The van der Waals surface area contributed by atoms with Gasteiger partial charge in [-0.1, -0.05) is 0 Å². The standard InChI is InChI=1S/C12H18N2O/c1-9-3-2-6-14(9)8-10-7-11(13)4-5-12(10)15/h4-5,7,9,15H,2-3,6,8,13H2,1H3. The second-order valence-electron chi connectivity index (χ2n) is 4.35. The van der Waals surface area contributed by atoms with Crippen molar-refractivity contribution < 1.29 is 5.11 Å². The molecule has 1 saturated heterocycles. The number of aromatic hydroxyl groups is 1. The quantitative estimate of drug-likeness (QED) is 0.574. The molecule has 1 aliphatic heterocycles. The predicted octanol–water partition coefficient (Wildman–Crippen LogP) is 1.96. The molecule has 3 N–H and O–H groups in total. The lowest BCUT2D eigenvalue weighted by Gasteiger charge is -2.21. The fourth-order valence-electron chi connectivity index (χ4n) is 2.18. The van der Waals surface area contributed by atoms with E-state index >= 15 is 0 Å². The molecule has 3 heteroatoms. The molecule has 0 aliphatic carbocycles. The number of hydrogen-bond donors (Lipinski definition) is 2. The first-order valence-electron chi connectivity index (χ1n) is 5.48. The Morgan fingerprint density at radius 1 is 1.53 bits per heavy atom. The number of likely N-dealkylation sites (tertiary alicyclic amines) is 1. The lowest BCUT2D eigenvalue weighted by molar-refractivity contribution is 0.257. The number of nitrogen functional groups attached to an aromatic ring is 1. The average molecular weight is 206 g/mol. The van der Waals surface area contributed by atoms with E-state index < -0.39 is 0 Å². The fraction of sp³-hybridized carbons (Fsp3) is 0.500. The highest BCUT2D eigenvalue weighted by Gasteiger charge is 2.20. The molecule has 1 aromatic carbocycles. The van der Waals surface area contributed by atoms with Crippen molar-refractivity contribution in [2.75, 3.05) is 12.3 Å². The summed E-state index contributed by atoms with van der Waals surface area (Å²) in [6, 6.07) is 5.88. The molecule has 0 aromatic heterocycles. The number of hydrogen-bond acceptors (Lipinski definition) is 3. The molecule has 0 bridgehead atoms. The molecule has 15 heavy (non-hydrogen) atoms. The number of benzene rings is 1. The molecule has 1 aliphatic rings. The molecular formula is C12H18N2O. The van der Waals surface area contributed by atoms with Crippen LogP contribution < -0.4 is 5.73 Å². The summed E-state index contributed by atoms with van der Waals surface area (Å²) < 4.78 is 0. The highest BCUT2D eigenvalue weighted by atomic mass is 16.3. The average Bonchev–Trinajstić information content (AvgIpc) is 2.58. The van der Waals surface area contributed by atoms with Crippen molar-refractivity contribution in [2.45, 2.75) is 32.4 Å². The topological polar surface area (TPSA) is 49.5 Å². The van der Waals surface area contributed by atoms with Crippen molar-refractivity contribution in [3.63, 3.8) is 0 Å². The SMILES string of the molecule is CC1CCCN1Cc1cc(N)ccc1O. The van der Waals surface area contributed by atoms with Crippen molar-refractivity contribution in [2.24, 2.45) is 0 Å². The van der Waals surface area contributed by atoms with Gasteiger partial charge in [0.1, 0.15) is 5.75 Å². The van der Waals surface area contributed by atoms with Crippen LogP contribution in [0, 0.1) is 0 Å². The highest BCUT2D eigenvalue weighted by molar-refractivity contribution is 5.47. The van der Waals surface area contributed by atoms with Crippen LogP contribution in [0.15, 0.2) is 18.2 Å². The molecular weight excluding hydrogens is 188 g/mol. The normalized spacial score (nSPS) is 22.1. The molecule has 0 saturated carbocycles. The number of nitrogens with two attached hydrogens (primary N) is 1. The first kappa shape index (κ1) is 10.3. The van der Waals surface area contributed by atoms with Crippen LogP contribution in [0.3, 0.4) is 0 Å². The van der Waals surface area contributed by atoms with Crippen LogP contribution in [0.1, 0.15) is 25.3 Å². The summed E-state index contributed by atoms with van der Waals surface area (Å²) in [6.45, 7) is 4.16. The van der Waals surface area contributed by atoms with Crippen LogP contribution in [0.25, 0.3) is 0 Å². The summed E-state index contributed by atoms with van der Waals surface area (Å²) in [6.07, 6.45) is 2.51. The zero-order chi connectivity index (χ0) is 10.8. The van der Waals surface area contributed by atoms with Gasteiger partial charge in [0.25, 0.3) is 0 Å². The summed E-state index contributed by atoms with van der Waals surface area (Å²) >= 11 is 0. The van der Waals surface area contributed by atoms with Gasteiger partial charge in [0.15, 0.2) is 0 Å². The Morgan fingerprint density at radius 3 is 3.00 bits per heavy atom. The fourth-order valence-corrected chi connectivity index (χ4v) is 2.18. The molecule has 82 valence electrons. The minimum atomic E-state index is 0.350. The molecule has 0 amide bonds. The zero-order valence-corrected chi connectivity index (χ0v) is 9.11.